The Balaban J connectivity index is 1.83. The van der Waals surface area contributed by atoms with Gasteiger partial charge in [0, 0.05) is 31.0 Å². The average Bonchev–Trinajstić information content (AvgIpc) is 3.12. The molecule has 0 bridgehead atoms. The molecule has 9 heteroatoms. The van der Waals surface area contributed by atoms with Crippen LogP contribution in [0.25, 0.3) is 16.7 Å². The lowest BCUT2D eigenvalue weighted by molar-refractivity contribution is -0.142. The number of nitrogens with one attached hydrogen (secondary N) is 1. The molecule has 33 heavy (non-hydrogen) atoms. The van der Waals surface area contributed by atoms with Gasteiger partial charge in [-0.2, -0.15) is 0 Å². The van der Waals surface area contributed by atoms with Crippen molar-refractivity contribution in [2.24, 2.45) is 5.92 Å². The van der Waals surface area contributed by atoms with E-state index < -0.39 is 18.1 Å². The molecular formula is C24H29N5O4. The summed E-state index contributed by atoms with van der Waals surface area (Å²) in [6, 6.07) is 8.09. The molecular weight excluding hydrogens is 422 g/mol. The number of aromatic nitrogens is 3. The number of carbonyl (C=O) groups is 3. The van der Waals surface area contributed by atoms with Gasteiger partial charge in [0.2, 0.25) is 0 Å². The number of esters is 1. The minimum absolute atomic E-state index is 0.112. The van der Waals surface area contributed by atoms with Crippen LogP contribution in [0, 0.1) is 12.8 Å². The normalized spacial score (nSPS) is 11.9. The third-order valence-corrected chi connectivity index (χ3v) is 5.27. The van der Waals surface area contributed by atoms with E-state index in [1.807, 2.05) is 43.5 Å². The van der Waals surface area contributed by atoms with Crippen molar-refractivity contribution in [3.63, 3.8) is 0 Å². The number of rotatable bonds is 7. The number of pyridine rings is 1. The van der Waals surface area contributed by atoms with Gasteiger partial charge in [-0.25, -0.2) is 14.6 Å². The highest BCUT2D eigenvalue weighted by Gasteiger charge is 2.31. The van der Waals surface area contributed by atoms with Gasteiger partial charge in [-0.05, 0) is 56.5 Å². The molecule has 2 aromatic heterocycles. The van der Waals surface area contributed by atoms with E-state index in [1.54, 1.807) is 38.5 Å². The van der Waals surface area contributed by atoms with Crippen molar-refractivity contribution >= 4 is 29.0 Å². The Bertz CT molecular complexity index is 1150. The molecule has 0 radical (unpaired) electrons. The first kappa shape index (κ1) is 23.9. The molecule has 3 rings (SSSR count). The van der Waals surface area contributed by atoms with Crippen LogP contribution in [-0.2, 0) is 9.53 Å². The zero-order valence-electron chi connectivity index (χ0n) is 19.5. The van der Waals surface area contributed by atoms with E-state index >= 15 is 0 Å². The highest BCUT2D eigenvalue weighted by molar-refractivity contribution is 5.98. The minimum Gasteiger partial charge on any atom is -0.375 e. The molecule has 1 atom stereocenters. The molecule has 0 saturated carbocycles. The number of amides is 2. The Kier molecular flexibility index (Phi) is 7.42. The molecule has 2 heterocycles. The summed E-state index contributed by atoms with van der Waals surface area (Å²) < 4.78 is 6.87. The quantitative estimate of drug-likeness (QED) is 0.435. The zero-order chi connectivity index (χ0) is 24.1. The number of hydrogen-bond acceptors (Lipinski definition) is 6. The van der Waals surface area contributed by atoms with Crippen LogP contribution in [0.3, 0.4) is 0 Å². The lowest BCUT2D eigenvalue weighted by Crippen LogP contribution is -2.45. The van der Waals surface area contributed by atoms with E-state index in [0.717, 1.165) is 22.5 Å². The Morgan fingerprint density at radius 2 is 1.85 bits per heavy atom. The summed E-state index contributed by atoms with van der Waals surface area (Å²) in [7, 11) is 1.54. The highest BCUT2D eigenvalue weighted by atomic mass is 16.6. The van der Waals surface area contributed by atoms with E-state index in [-0.39, 0.29) is 11.8 Å². The van der Waals surface area contributed by atoms with Gasteiger partial charge in [0.1, 0.15) is 17.4 Å². The first-order chi connectivity index (χ1) is 15.7. The second-order valence-electron chi connectivity index (χ2n) is 8.21. The summed E-state index contributed by atoms with van der Waals surface area (Å²) in [6.45, 7) is 7.84. The lowest BCUT2D eigenvalue weighted by atomic mass is 10.0. The number of imidazole rings is 1. The standard InChI is InChI=1S/C24H29N5O4/c1-6-26-24(32)33-23(31)21(13-15(2)3)28(5)22(30)17-7-9-18(10-8-17)29-16(4)27-19-14-25-12-11-20(19)29/h7-12,14-15,21H,6,13H2,1-5H3,(H,26,32)/t21-/m0/s1. The molecule has 0 aliphatic rings. The predicted molar refractivity (Wildman–Crippen MR) is 124 cm³/mol. The smallest absolute Gasteiger partial charge is 0.375 e. The molecule has 174 valence electrons. The van der Waals surface area contributed by atoms with Gasteiger partial charge in [-0.1, -0.05) is 13.8 Å². The maximum absolute atomic E-state index is 13.2. The van der Waals surface area contributed by atoms with Crippen LogP contribution < -0.4 is 5.32 Å². The van der Waals surface area contributed by atoms with Crippen molar-refractivity contribution in [1.29, 1.82) is 0 Å². The summed E-state index contributed by atoms with van der Waals surface area (Å²) in [5, 5.41) is 2.42. The molecule has 0 aliphatic heterocycles. The Labute approximate surface area is 192 Å². The Morgan fingerprint density at radius 1 is 1.15 bits per heavy atom. The average molecular weight is 452 g/mol. The number of hydrogen-bond donors (Lipinski definition) is 1. The molecule has 0 unspecified atom stereocenters. The second-order valence-corrected chi connectivity index (χ2v) is 8.21. The SMILES string of the molecule is CCNC(=O)OC(=O)[C@H](CC(C)C)N(C)C(=O)c1ccc(-n2c(C)nc3cnccc32)cc1. The van der Waals surface area contributed by atoms with Crippen molar-refractivity contribution in [2.45, 2.75) is 40.2 Å². The van der Waals surface area contributed by atoms with Gasteiger partial charge < -0.3 is 15.0 Å². The van der Waals surface area contributed by atoms with Crippen molar-refractivity contribution in [3.8, 4) is 5.69 Å². The summed E-state index contributed by atoms with van der Waals surface area (Å²) in [5.74, 6) is -0.173. The van der Waals surface area contributed by atoms with Crippen LogP contribution in [0.2, 0.25) is 0 Å². The van der Waals surface area contributed by atoms with E-state index in [0.29, 0.717) is 18.5 Å². The number of benzene rings is 1. The van der Waals surface area contributed by atoms with Crippen molar-refractivity contribution in [1.82, 2.24) is 24.8 Å². The predicted octanol–water partition coefficient (Wildman–Crippen LogP) is 3.49. The maximum Gasteiger partial charge on any atom is 0.414 e. The van der Waals surface area contributed by atoms with Gasteiger partial charge in [-0.3, -0.25) is 14.3 Å². The zero-order valence-corrected chi connectivity index (χ0v) is 19.5. The molecule has 0 saturated heterocycles. The first-order valence-corrected chi connectivity index (χ1v) is 10.9. The van der Waals surface area contributed by atoms with Crippen molar-refractivity contribution in [2.75, 3.05) is 13.6 Å². The number of ether oxygens (including phenoxy) is 1. The van der Waals surface area contributed by atoms with E-state index in [9.17, 15) is 14.4 Å². The van der Waals surface area contributed by atoms with Crippen LogP contribution >= 0.6 is 0 Å². The molecule has 2 amide bonds. The van der Waals surface area contributed by atoms with Gasteiger partial charge in [0.15, 0.2) is 0 Å². The summed E-state index contributed by atoms with van der Waals surface area (Å²) in [6.07, 6.45) is 2.97. The maximum atomic E-state index is 13.2. The van der Waals surface area contributed by atoms with E-state index in [1.165, 1.54) is 4.90 Å². The van der Waals surface area contributed by atoms with Crippen LogP contribution in [0.15, 0.2) is 42.7 Å². The van der Waals surface area contributed by atoms with Crippen LogP contribution in [-0.4, -0.2) is 57.0 Å². The number of carbonyl (C=O) groups excluding carboxylic acids is 3. The van der Waals surface area contributed by atoms with Crippen LogP contribution in [0.5, 0.6) is 0 Å². The van der Waals surface area contributed by atoms with Gasteiger partial charge in [0.05, 0.1) is 11.7 Å². The van der Waals surface area contributed by atoms with E-state index in [2.05, 4.69) is 15.3 Å². The summed E-state index contributed by atoms with van der Waals surface area (Å²) in [4.78, 5) is 47.4. The fourth-order valence-corrected chi connectivity index (χ4v) is 3.68. The topological polar surface area (TPSA) is 106 Å². The fourth-order valence-electron chi connectivity index (χ4n) is 3.68. The third-order valence-electron chi connectivity index (χ3n) is 5.27. The molecule has 9 nitrogen and oxygen atoms in total. The first-order valence-electron chi connectivity index (χ1n) is 10.9. The number of fused-ring (bicyclic) bond motifs is 1. The van der Waals surface area contributed by atoms with Crippen molar-refractivity contribution in [3.05, 3.63) is 54.1 Å². The Hall–Kier alpha value is -3.75. The monoisotopic (exact) mass is 451 g/mol. The summed E-state index contributed by atoms with van der Waals surface area (Å²) in [5.41, 5.74) is 2.99. The molecule has 3 aromatic rings. The number of nitrogens with zero attached hydrogens (tertiary/aromatic N) is 4. The number of aryl methyl sites for hydroxylation is 1. The van der Waals surface area contributed by atoms with Crippen molar-refractivity contribution < 1.29 is 19.1 Å². The molecule has 0 aliphatic carbocycles. The lowest BCUT2D eigenvalue weighted by Gasteiger charge is -2.27. The molecule has 0 fully saturated rings. The van der Waals surface area contributed by atoms with Gasteiger partial charge in [-0.15, -0.1) is 0 Å². The third kappa shape index (κ3) is 5.36. The molecule has 1 aromatic carbocycles. The van der Waals surface area contributed by atoms with Gasteiger partial charge in [0.25, 0.3) is 5.91 Å². The number of alkyl carbamates (subject to hydrolysis) is 1. The molecule has 1 N–H and O–H groups in total. The fraction of sp³-hybridized carbons (Fsp3) is 0.375. The van der Waals surface area contributed by atoms with E-state index in [4.69, 9.17) is 4.74 Å². The van der Waals surface area contributed by atoms with Gasteiger partial charge >= 0.3 is 12.1 Å². The molecule has 0 spiro atoms. The van der Waals surface area contributed by atoms with Crippen LogP contribution in [0.1, 0.15) is 43.4 Å². The largest absolute Gasteiger partial charge is 0.414 e. The number of likely N-dealkylation sites (N-methyl/N-ethyl adjacent to an activating group) is 1. The Morgan fingerprint density at radius 3 is 2.48 bits per heavy atom. The summed E-state index contributed by atoms with van der Waals surface area (Å²) >= 11 is 0. The minimum atomic E-state index is -0.882. The highest BCUT2D eigenvalue weighted by Crippen LogP contribution is 2.22. The second kappa shape index (κ2) is 10.2. The van der Waals surface area contributed by atoms with Crippen LogP contribution in [0.4, 0.5) is 4.79 Å².